The molecule has 1 aromatic carbocycles. The number of hydrogen-bond donors (Lipinski definition) is 1. The summed E-state index contributed by atoms with van der Waals surface area (Å²) in [5, 5.41) is 0. The van der Waals surface area contributed by atoms with E-state index >= 15 is 0 Å². The third kappa shape index (κ3) is 3.74. The second-order valence-corrected chi connectivity index (χ2v) is 7.09. The molecule has 0 unspecified atom stereocenters. The van der Waals surface area contributed by atoms with Crippen molar-refractivity contribution in [3.05, 3.63) is 24.3 Å². The Labute approximate surface area is 130 Å². The average molecular weight is 331 g/mol. The molecule has 0 saturated carbocycles. The largest absolute Gasteiger partial charge is 0.386 e. The van der Waals surface area contributed by atoms with Crippen molar-refractivity contribution >= 4 is 33.1 Å². The number of benzene rings is 1. The van der Waals surface area contributed by atoms with Crippen LogP contribution in [0.2, 0.25) is 0 Å². The van der Waals surface area contributed by atoms with E-state index in [1.54, 1.807) is 24.3 Å². The van der Waals surface area contributed by atoms with E-state index in [-0.39, 0.29) is 16.6 Å². The van der Waals surface area contributed by atoms with Crippen molar-refractivity contribution in [2.24, 2.45) is 10.7 Å². The quantitative estimate of drug-likeness (QED) is 0.504. The molecule has 1 heterocycles. The van der Waals surface area contributed by atoms with Crippen LogP contribution in [0.1, 0.15) is 0 Å². The van der Waals surface area contributed by atoms with E-state index in [4.69, 9.17) is 17.3 Å². The Bertz CT molecular complexity index is 625. The summed E-state index contributed by atoms with van der Waals surface area (Å²) in [6.45, 7) is 2.38. The number of sulfonamides is 1. The molecule has 1 aliphatic heterocycles. The number of nitrogens with zero attached hydrogens (tertiary/aromatic N) is 3. The van der Waals surface area contributed by atoms with Crippen LogP contribution in [-0.2, 0) is 10.0 Å². The number of alkyl halides is 1. The number of amidine groups is 1. The molecule has 0 spiro atoms. The van der Waals surface area contributed by atoms with Gasteiger partial charge in [-0.1, -0.05) is 12.1 Å². The smallest absolute Gasteiger partial charge is 0.245 e. The minimum absolute atomic E-state index is 0.0584. The van der Waals surface area contributed by atoms with Gasteiger partial charge < -0.3 is 10.6 Å². The maximum absolute atomic E-state index is 12.7. The summed E-state index contributed by atoms with van der Waals surface area (Å²) in [5.41, 5.74) is 5.95. The Kier molecular flexibility index (Phi) is 5.21. The summed E-state index contributed by atoms with van der Waals surface area (Å²) in [6, 6.07) is 6.58. The first kappa shape index (κ1) is 16.2. The van der Waals surface area contributed by atoms with Gasteiger partial charge in [0, 0.05) is 26.2 Å². The monoisotopic (exact) mass is 330 g/mol. The van der Waals surface area contributed by atoms with Crippen molar-refractivity contribution in [1.82, 2.24) is 9.21 Å². The maximum Gasteiger partial charge on any atom is 0.245 e. The van der Waals surface area contributed by atoms with E-state index in [0.29, 0.717) is 31.9 Å². The van der Waals surface area contributed by atoms with Crippen LogP contribution in [0.4, 0.5) is 5.69 Å². The Morgan fingerprint density at radius 1 is 1.29 bits per heavy atom. The highest BCUT2D eigenvalue weighted by atomic mass is 35.5. The topological polar surface area (TPSA) is 79.0 Å². The molecule has 8 heteroatoms. The zero-order valence-electron chi connectivity index (χ0n) is 11.9. The fourth-order valence-electron chi connectivity index (χ4n) is 2.12. The van der Waals surface area contributed by atoms with Crippen LogP contribution < -0.4 is 5.73 Å². The highest BCUT2D eigenvalue weighted by molar-refractivity contribution is 7.89. The number of piperazine rings is 1. The van der Waals surface area contributed by atoms with Gasteiger partial charge in [0.25, 0.3) is 0 Å². The SMILES string of the molecule is CN1CCN(S(=O)(=O)c2ccccc2N=C(N)CCl)CC1. The lowest BCUT2D eigenvalue weighted by atomic mass is 10.3. The summed E-state index contributed by atoms with van der Waals surface area (Å²) in [5.74, 6) is 0.251. The Hall–Kier alpha value is -1.15. The van der Waals surface area contributed by atoms with Crippen LogP contribution in [0.25, 0.3) is 0 Å². The predicted octanol–water partition coefficient (Wildman–Crippen LogP) is 0.850. The predicted molar refractivity (Wildman–Crippen MR) is 84.7 cm³/mol. The van der Waals surface area contributed by atoms with E-state index in [9.17, 15) is 8.42 Å². The molecule has 1 aromatic rings. The number of hydrogen-bond acceptors (Lipinski definition) is 4. The minimum atomic E-state index is -3.57. The van der Waals surface area contributed by atoms with Crippen LogP contribution >= 0.6 is 11.6 Å². The van der Waals surface area contributed by atoms with Crippen LogP contribution in [0.15, 0.2) is 34.2 Å². The molecule has 1 saturated heterocycles. The second-order valence-electron chi connectivity index (χ2n) is 4.91. The Balaban J connectivity index is 2.36. The van der Waals surface area contributed by atoms with Crippen molar-refractivity contribution in [2.45, 2.75) is 4.90 Å². The molecule has 2 rings (SSSR count). The van der Waals surface area contributed by atoms with Gasteiger partial charge in [-0.15, -0.1) is 11.6 Å². The first-order valence-corrected chi connectivity index (χ1v) is 8.59. The highest BCUT2D eigenvalue weighted by Crippen LogP contribution is 2.27. The van der Waals surface area contributed by atoms with Gasteiger partial charge >= 0.3 is 0 Å². The summed E-state index contributed by atoms with van der Waals surface area (Å²) in [4.78, 5) is 6.37. The van der Waals surface area contributed by atoms with Gasteiger partial charge in [-0.2, -0.15) is 4.31 Å². The lowest BCUT2D eigenvalue weighted by molar-refractivity contribution is 0.222. The van der Waals surface area contributed by atoms with Crippen molar-refractivity contribution < 1.29 is 8.42 Å². The summed E-state index contributed by atoms with van der Waals surface area (Å²) >= 11 is 5.61. The molecule has 2 N–H and O–H groups in total. The Morgan fingerprint density at radius 2 is 1.90 bits per heavy atom. The van der Waals surface area contributed by atoms with Gasteiger partial charge in [-0.3, -0.25) is 0 Å². The lowest BCUT2D eigenvalue weighted by Crippen LogP contribution is -2.47. The molecule has 6 nitrogen and oxygen atoms in total. The van der Waals surface area contributed by atoms with Gasteiger partial charge in [0.05, 0.1) is 11.6 Å². The Morgan fingerprint density at radius 3 is 2.52 bits per heavy atom. The van der Waals surface area contributed by atoms with Crippen LogP contribution in [0, 0.1) is 0 Å². The molecule has 1 aliphatic rings. The zero-order valence-corrected chi connectivity index (χ0v) is 13.4. The van der Waals surface area contributed by atoms with E-state index in [2.05, 4.69) is 9.89 Å². The third-order valence-corrected chi connectivity index (χ3v) is 5.57. The number of aliphatic imine (C=N–C) groups is 1. The van der Waals surface area contributed by atoms with Gasteiger partial charge in [0.1, 0.15) is 10.7 Å². The van der Waals surface area contributed by atoms with Crippen molar-refractivity contribution in [2.75, 3.05) is 39.1 Å². The summed E-state index contributed by atoms with van der Waals surface area (Å²) < 4.78 is 27.0. The molecule has 1 fully saturated rings. The molecule has 0 amide bonds. The molecular weight excluding hydrogens is 312 g/mol. The number of rotatable bonds is 4. The number of halogens is 1. The summed E-state index contributed by atoms with van der Waals surface area (Å²) in [6.07, 6.45) is 0. The fourth-order valence-corrected chi connectivity index (χ4v) is 3.73. The van der Waals surface area contributed by atoms with Crippen molar-refractivity contribution in [3.8, 4) is 0 Å². The number of likely N-dealkylation sites (N-methyl/N-ethyl adjacent to an activating group) is 1. The highest BCUT2D eigenvalue weighted by Gasteiger charge is 2.29. The zero-order chi connectivity index (χ0) is 15.5. The number of nitrogens with two attached hydrogens (primary N) is 1. The van der Waals surface area contributed by atoms with E-state index in [1.165, 1.54) is 4.31 Å². The van der Waals surface area contributed by atoms with E-state index in [0.717, 1.165) is 0 Å². The first-order chi connectivity index (χ1) is 9.95. The van der Waals surface area contributed by atoms with Gasteiger partial charge in [-0.05, 0) is 19.2 Å². The summed E-state index contributed by atoms with van der Waals surface area (Å²) in [7, 11) is -1.59. The molecule has 21 heavy (non-hydrogen) atoms. The molecule has 0 aromatic heterocycles. The van der Waals surface area contributed by atoms with Crippen LogP contribution in [-0.4, -0.2) is 62.6 Å². The first-order valence-electron chi connectivity index (χ1n) is 6.62. The molecule has 0 atom stereocenters. The normalized spacial score (nSPS) is 18.9. The van der Waals surface area contributed by atoms with E-state index < -0.39 is 10.0 Å². The van der Waals surface area contributed by atoms with Crippen molar-refractivity contribution in [1.29, 1.82) is 0 Å². The third-order valence-electron chi connectivity index (χ3n) is 3.35. The van der Waals surface area contributed by atoms with E-state index in [1.807, 2.05) is 7.05 Å². The number of para-hydroxylation sites is 1. The van der Waals surface area contributed by atoms with Crippen molar-refractivity contribution in [3.63, 3.8) is 0 Å². The average Bonchev–Trinajstić information content (AvgIpc) is 2.48. The maximum atomic E-state index is 12.7. The van der Waals surface area contributed by atoms with Crippen LogP contribution in [0.3, 0.4) is 0 Å². The standard InChI is InChI=1S/C13H19ClN4O2S/c1-17-6-8-18(9-7-17)21(19,20)12-5-3-2-4-11(12)16-13(15)10-14/h2-5H,6-10H2,1H3,(H2,15,16). The van der Waals surface area contributed by atoms with Crippen LogP contribution in [0.5, 0.6) is 0 Å². The fraction of sp³-hybridized carbons (Fsp3) is 0.462. The molecule has 116 valence electrons. The minimum Gasteiger partial charge on any atom is -0.386 e. The van der Waals surface area contributed by atoms with Gasteiger partial charge in [-0.25, -0.2) is 13.4 Å². The second kappa shape index (κ2) is 6.74. The molecule has 0 aliphatic carbocycles. The van der Waals surface area contributed by atoms with Gasteiger partial charge in [0.2, 0.25) is 10.0 Å². The molecular formula is C13H19ClN4O2S. The van der Waals surface area contributed by atoms with Gasteiger partial charge in [0.15, 0.2) is 0 Å². The lowest BCUT2D eigenvalue weighted by Gasteiger charge is -2.31. The molecule has 0 radical (unpaired) electrons. The molecule has 0 bridgehead atoms.